The average molecular weight is 242 g/mol. The zero-order chi connectivity index (χ0) is 10.9. The summed E-state index contributed by atoms with van der Waals surface area (Å²) in [5.41, 5.74) is 4.46. The second kappa shape index (κ2) is 4.85. The molecule has 3 nitrogen and oxygen atoms in total. The molecular formula is C12H16ClNO2. The van der Waals surface area contributed by atoms with E-state index in [-0.39, 0.29) is 18.3 Å². The van der Waals surface area contributed by atoms with E-state index in [9.17, 15) is 9.90 Å². The molecule has 0 aromatic heterocycles. The first-order chi connectivity index (χ1) is 7.15. The Morgan fingerprint density at radius 2 is 1.88 bits per heavy atom. The first kappa shape index (κ1) is 13.0. The molecule has 1 aliphatic rings. The van der Waals surface area contributed by atoms with Crippen molar-refractivity contribution in [2.75, 3.05) is 0 Å². The van der Waals surface area contributed by atoms with Crippen LogP contribution in [-0.2, 0) is 10.4 Å². The summed E-state index contributed by atoms with van der Waals surface area (Å²) in [5.74, 6) is -0.657. The molecule has 0 radical (unpaired) electrons. The molecule has 0 heterocycles. The molecule has 0 saturated heterocycles. The Kier molecular flexibility index (Phi) is 3.94. The summed E-state index contributed by atoms with van der Waals surface area (Å²) in [6, 6.07) is 8.97. The van der Waals surface area contributed by atoms with Gasteiger partial charge in [0.15, 0.2) is 5.60 Å². The van der Waals surface area contributed by atoms with Crippen molar-refractivity contribution >= 4 is 18.3 Å². The molecule has 1 aliphatic carbocycles. The minimum Gasteiger partial charge on any atom is -0.375 e. The van der Waals surface area contributed by atoms with Gasteiger partial charge in [-0.2, -0.15) is 0 Å². The second-order valence-corrected chi connectivity index (χ2v) is 4.12. The maximum Gasteiger partial charge on any atom is 0.254 e. The van der Waals surface area contributed by atoms with Crippen LogP contribution < -0.4 is 5.73 Å². The number of aliphatic hydroxyl groups is 1. The molecule has 16 heavy (non-hydrogen) atoms. The van der Waals surface area contributed by atoms with Crippen molar-refractivity contribution < 1.29 is 9.90 Å². The lowest BCUT2D eigenvalue weighted by molar-refractivity contribution is -0.148. The van der Waals surface area contributed by atoms with Gasteiger partial charge < -0.3 is 10.8 Å². The fourth-order valence-corrected chi connectivity index (χ4v) is 2.10. The molecule has 1 atom stereocenters. The molecular weight excluding hydrogens is 226 g/mol. The SMILES string of the molecule is Cl.NC(=O)C(O)(c1ccccc1)C1CCC1. The molecule has 0 aliphatic heterocycles. The van der Waals surface area contributed by atoms with E-state index >= 15 is 0 Å². The molecule has 1 fully saturated rings. The zero-order valence-corrected chi connectivity index (χ0v) is 9.74. The fraction of sp³-hybridized carbons (Fsp3) is 0.417. The van der Waals surface area contributed by atoms with Gasteiger partial charge in [0, 0.05) is 5.92 Å². The summed E-state index contributed by atoms with van der Waals surface area (Å²) in [7, 11) is 0. The van der Waals surface area contributed by atoms with E-state index in [1.165, 1.54) is 0 Å². The van der Waals surface area contributed by atoms with Gasteiger partial charge in [-0.1, -0.05) is 36.8 Å². The number of carbonyl (C=O) groups is 1. The van der Waals surface area contributed by atoms with Crippen molar-refractivity contribution in [2.24, 2.45) is 11.7 Å². The summed E-state index contributed by atoms with van der Waals surface area (Å²) in [6.07, 6.45) is 2.80. The molecule has 4 heteroatoms. The van der Waals surface area contributed by atoms with Gasteiger partial charge in [-0.15, -0.1) is 12.4 Å². The third-order valence-electron chi connectivity index (χ3n) is 3.29. The van der Waals surface area contributed by atoms with Gasteiger partial charge in [0.2, 0.25) is 0 Å². The Hall–Kier alpha value is -1.06. The predicted octanol–water partition coefficient (Wildman–Crippen LogP) is 1.58. The van der Waals surface area contributed by atoms with E-state index in [1.807, 2.05) is 18.2 Å². The van der Waals surface area contributed by atoms with Gasteiger partial charge >= 0.3 is 0 Å². The van der Waals surface area contributed by atoms with Gasteiger partial charge in [-0.05, 0) is 18.4 Å². The molecule has 0 spiro atoms. The molecule has 1 unspecified atom stereocenters. The van der Waals surface area contributed by atoms with E-state index in [0.717, 1.165) is 19.3 Å². The van der Waals surface area contributed by atoms with E-state index < -0.39 is 11.5 Å². The summed E-state index contributed by atoms with van der Waals surface area (Å²) in [4.78, 5) is 11.4. The van der Waals surface area contributed by atoms with Crippen molar-refractivity contribution in [3.8, 4) is 0 Å². The number of primary amides is 1. The first-order valence-electron chi connectivity index (χ1n) is 5.23. The molecule has 88 valence electrons. The highest BCUT2D eigenvalue weighted by Crippen LogP contribution is 2.42. The summed E-state index contributed by atoms with van der Waals surface area (Å²) >= 11 is 0. The van der Waals surface area contributed by atoms with Crippen LogP contribution in [0.5, 0.6) is 0 Å². The van der Waals surface area contributed by atoms with Gasteiger partial charge in [-0.25, -0.2) is 0 Å². The van der Waals surface area contributed by atoms with Gasteiger partial charge in [0.05, 0.1) is 0 Å². The van der Waals surface area contributed by atoms with E-state index in [2.05, 4.69) is 0 Å². The number of hydrogen-bond acceptors (Lipinski definition) is 2. The molecule has 1 saturated carbocycles. The minimum atomic E-state index is -1.47. The number of carbonyl (C=O) groups excluding carboxylic acids is 1. The highest BCUT2D eigenvalue weighted by Gasteiger charge is 2.46. The summed E-state index contributed by atoms with van der Waals surface area (Å²) < 4.78 is 0. The van der Waals surface area contributed by atoms with Gasteiger partial charge in [0.1, 0.15) is 0 Å². The van der Waals surface area contributed by atoms with E-state index in [1.54, 1.807) is 12.1 Å². The lowest BCUT2D eigenvalue weighted by atomic mass is 9.69. The maximum absolute atomic E-state index is 11.4. The van der Waals surface area contributed by atoms with E-state index in [4.69, 9.17) is 5.73 Å². The Balaban J connectivity index is 0.00000128. The van der Waals surface area contributed by atoms with Crippen LogP contribution in [0, 0.1) is 5.92 Å². The van der Waals surface area contributed by atoms with Crippen LogP contribution in [0.3, 0.4) is 0 Å². The smallest absolute Gasteiger partial charge is 0.254 e. The number of amides is 1. The second-order valence-electron chi connectivity index (χ2n) is 4.12. The molecule has 2 rings (SSSR count). The van der Waals surface area contributed by atoms with Gasteiger partial charge in [0.25, 0.3) is 5.91 Å². The van der Waals surface area contributed by atoms with Crippen LogP contribution in [0.15, 0.2) is 30.3 Å². The highest BCUT2D eigenvalue weighted by molar-refractivity contribution is 5.85. The Morgan fingerprint density at radius 3 is 2.25 bits per heavy atom. The molecule has 1 aromatic carbocycles. The van der Waals surface area contributed by atoms with Crippen molar-refractivity contribution in [1.29, 1.82) is 0 Å². The number of hydrogen-bond donors (Lipinski definition) is 2. The molecule has 1 amide bonds. The third kappa shape index (κ3) is 1.93. The van der Waals surface area contributed by atoms with Crippen LogP contribution >= 0.6 is 12.4 Å². The average Bonchev–Trinajstić information content (AvgIpc) is 2.16. The molecule has 1 aromatic rings. The van der Waals surface area contributed by atoms with Crippen molar-refractivity contribution in [2.45, 2.75) is 24.9 Å². The van der Waals surface area contributed by atoms with Gasteiger partial charge in [-0.3, -0.25) is 4.79 Å². The maximum atomic E-state index is 11.4. The minimum absolute atomic E-state index is 0. The Bertz CT molecular complexity index is 365. The fourth-order valence-electron chi connectivity index (χ4n) is 2.10. The van der Waals surface area contributed by atoms with Crippen LogP contribution in [-0.4, -0.2) is 11.0 Å². The topological polar surface area (TPSA) is 63.3 Å². The monoisotopic (exact) mass is 241 g/mol. The molecule has 3 N–H and O–H groups in total. The number of nitrogens with two attached hydrogens (primary N) is 1. The van der Waals surface area contributed by atoms with Crippen molar-refractivity contribution in [1.82, 2.24) is 0 Å². The highest BCUT2D eigenvalue weighted by atomic mass is 35.5. The Morgan fingerprint density at radius 1 is 1.31 bits per heavy atom. The standard InChI is InChI=1S/C12H15NO2.ClH/c13-11(14)12(15,10-7-4-8-10)9-5-2-1-3-6-9;/h1-3,5-6,10,15H,4,7-8H2,(H2,13,14);1H. The summed E-state index contributed by atoms with van der Waals surface area (Å²) in [6.45, 7) is 0. The Labute approximate surface area is 101 Å². The zero-order valence-electron chi connectivity index (χ0n) is 8.93. The number of benzene rings is 1. The summed E-state index contributed by atoms with van der Waals surface area (Å²) in [5, 5.41) is 10.4. The van der Waals surface area contributed by atoms with Crippen molar-refractivity contribution in [3.63, 3.8) is 0 Å². The number of rotatable bonds is 3. The normalized spacial score (nSPS) is 19.1. The van der Waals surface area contributed by atoms with Crippen LogP contribution in [0.25, 0.3) is 0 Å². The van der Waals surface area contributed by atoms with Crippen LogP contribution in [0.4, 0.5) is 0 Å². The third-order valence-corrected chi connectivity index (χ3v) is 3.29. The lowest BCUT2D eigenvalue weighted by Crippen LogP contribution is -2.49. The van der Waals surface area contributed by atoms with Crippen LogP contribution in [0.1, 0.15) is 24.8 Å². The lowest BCUT2D eigenvalue weighted by Gasteiger charge is -2.39. The quantitative estimate of drug-likeness (QED) is 0.844. The van der Waals surface area contributed by atoms with Crippen molar-refractivity contribution in [3.05, 3.63) is 35.9 Å². The van der Waals surface area contributed by atoms with Crippen LogP contribution in [0.2, 0.25) is 0 Å². The number of halogens is 1. The largest absolute Gasteiger partial charge is 0.375 e. The predicted molar refractivity (Wildman–Crippen MR) is 64.1 cm³/mol. The first-order valence-corrected chi connectivity index (χ1v) is 5.23. The molecule has 0 bridgehead atoms. The van der Waals surface area contributed by atoms with E-state index in [0.29, 0.717) is 5.56 Å².